The molecule has 1 aromatic rings. The number of hydrogen-bond donors (Lipinski definition) is 0. The minimum absolute atomic E-state index is 0.00927. The summed E-state index contributed by atoms with van der Waals surface area (Å²) in [5.41, 5.74) is 4.36. The molecule has 0 aliphatic heterocycles. The normalized spacial score (nSPS) is 21.1. The molecule has 0 aromatic heterocycles. The first kappa shape index (κ1) is 24.5. The lowest BCUT2D eigenvalue weighted by molar-refractivity contribution is 0.140. The van der Waals surface area contributed by atoms with Crippen molar-refractivity contribution in [1.82, 2.24) is 0 Å². The average molecular weight is 427 g/mol. The van der Waals surface area contributed by atoms with Crippen molar-refractivity contribution in [3.05, 3.63) is 46.8 Å². The molecule has 0 heterocycles. The van der Waals surface area contributed by atoms with Gasteiger partial charge in [0.2, 0.25) is 0 Å². The van der Waals surface area contributed by atoms with Gasteiger partial charge in [-0.2, -0.15) is 0 Å². The van der Waals surface area contributed by atoms with Crippen molar-refractivity contribution in [1.29, 1.82) is 0 Å². The lowest BCUT2D eigenvalue weighted by Gasteiger charge is -2.39. The SMILES string of the molecule is CCCCCc1ccc(CCC2=CCC(CCC3(CCC)CCCCC3)CC2)cc1F. The van der Waals surface area contributed by atoms with E-state index in [1.807, 2.05) is 6.07 Å². The molecule has 2 aliphatic carbocycles. The van der Waals surface area contributed by atoms with Crippen LogP contribution in [-0.2, 0) is 12.8 Å². The van der Waals surface area contributed by atoms with Crippen LogP contribution in [0.2, 0.25) is 0 Å². The number of aryl methyl sites for hydroxylation is 2. The molecule has 0 N–H and O–H groups in total. The van der Waals surface area contributed by atoms with Crippen LogP contribution in [0.25, 0.3) is 0 Å². The highest BCUT2D eigenvalue weighted by Crippen LogP contribution is 2.45. The Labute approximate surface area is 192 Å². The van der Waals surface area contributed by atoms with E-state index in [4.69, 9.17) is 0 Å². The summed E-state index contributed by atoms with van der Waals surface area (Å²) in [4.78, 5) is 0. The highest BCUT2D eigenvalue weighted by molar-refractivity contribution is 5.25. The van der Waals surface area contributed by atoms with Crippen LogP contribution in [-0.4, -0.2) is 0 Å². The summed E-state index contributed by atoms with van der Waals surface area (Å²) < 4.78 is 14.4. The van der Waals surface area contributed by atoms with Gasteiger partial charge in [-0.25, -0.2) is 4.39 Å². The lowest BCUT2D eigenvalue weighted by atomic mass is 9.67. The molecule has 0 nitrogen and oxygen atoms in total. The third kappa shape index (κ3) is 7.76. The zero-order chi connectivity index (χ0) is 21.9. The largest absolute Gasteiger partial charge is 0.207 e. The van der Waals surface area contributed by atoms with E-state index < -0.39 is 0 Å². The molecule has 1 unspecified atom stereocenters. The van der Waals surface area contributed by atoms with Crippen LogP contribution in [0.5, 0.6) is 0 Å². The third-order valence-corrected chi connectivity index (χ3v) is 8.29. The van der Waals surface area contributed by atoms with Crippen LogP contribution in [0.1, 0.15) is 128 Å². The average Bonchev–Trinajstić information content (AvgIpc) is 2.79. The summed E-state index contributed by atoms with van der Waals surface area (Å²) in [7, 11) is 0. The maximum absolute atomic E-state index is 14.4. The molecule has 0 radical (unpaired) electrons. The van der Waals surface area contributed by atoms with Crippen LogP contribution in [0.15, 0.2) is 29.8 Å². The van der Waals surface area contributed by atoms with E-state index in [-0.39, 0.29) is 5.82 Å². The second-order valence-electron chi connectivity index (χ2n) is 10.7. The fourth-order valence-electron chi connectivity index (χ4n) is 6.22. The summed E-state index contributed by atoms with van der Waals surface area (Å²) in [6, 6.07) is 5.99. The van der Waals surface area contributed by atoms with Crippen molar-refractivity contribution in [3.8, 4) is 0 Å². The molecule has 2 aliphatic rings. The third-order valence-electron chi connectivity index (χ3n) is 8.29. The van der Waals surface area contributed by atoms with Crippen LogP contribution in [0.3, 0.4) is 0 Å². The quantitative estimate of drug-likeness (QED) is 0.230. The van der Waals surface area contributed by atoms with Gasteiger partial charge in [0.05, 0.1) is 0 Å². The lowest BCUT2D eigenvalue weighted by Crippen LogP contribution is -2.25. The van der Waals surface area contributed by atoms with Crippen molar-refractivity contribution in [2.24, 2.45) is 11.3 Å². The van der Waals surface area contributed by atoms with E-state index >= 15 is 0 Å². The van der Waals surface area contributed by atoms with Gasteiger partial charge in [-0.3, -0.25) is 0 Å². The first-order chi connectivity index (χ1) is 15.1. The molecule has 1 fully saturated rings. The molecule has 1 heteroatoms. The van der Waals surface area contributed by atoms with Gasteiger partial charge in [0.1, 0.15) is 5.82 Å². The van der Waals surface area contributed by atoms with Crippen LogP contribution >= 0.6 is 0 Å². The molecule has 1 atom stereocenters. The number of benzene rings is 1. The van der Waals surface area contributed by atoms with Crippen LogP contribution in [0.4, 0.5) is 4.39 Å². The van der Waals surface area contributed by atoms with Crippen LogP contribution < -0.4 is 0 Å². The highest BCUT2D eigenvalue weighted by Gasteiger charge is 2.31. The van der Waals surface area contributed by atoms with Gasteiger partial charge in [0, 0.05) is 0 Å². The Hall–Kier alpha value is -1.11. The smallest absolute Gasteiger partial charge is 0.126 e. The second kappa shape index (κ2) is 12.8. The minimum Gasteiger partial charge on any atom is -0.207 e. The summed E-state index contributed by atoms with van der Waals surface area (Å²) in [6.07, 6.45) is 26.0. The fraction of sp³-hybridized carbons (Fsp3) is 0.733. The Morgan fingerprint density at radius 2 is 1.77 bits per heavy atom. The standard InChI is InChI=1S/C30H47F/c1-3-5-7-10-28-18-17-27(24-29(28)31)16-15-25-11-13-26(14-12-25)19-23-30(20-4-2)21-8-6-9-22-30/h11,17-18,24,26H,3-10,12-16,19-23H2,1-2H3. The van der Waals surface area contributed by atoms with E-state index in [2.05, 4.69) is 26.0 Å². The van der Waals surface area contributed by atoms with E-state index in [0.717, 1.165) is 37.2 Å². The fourth-order valence-corrected chi connectivity index (χ4v) is 6.22. The Bertz CT molecular complexity index is 674. The zero-order valence-electron chi connectivity index (χ0n) is 20.5. The Kier molecular flexibility index (Phi) is 10.1. The Balaban J connectivity index is 1.42. The predicted octanol–water partition coefficient (Wildman–Crippen LogP) is 9.75. The maximum Gasteiger partial charge on any atom is 0.126 e. The van der Waals surface area contributed by atoms with Gasteiger partial charge in [-0.15, -0.1) is 0 Å². The van der Waals surface area contributed by atoms with Crippen LogP contribution in [0, 0.1) is 17.2 Å². The number of unbranched alkanes of at least 4 members (excludes halogenated alkanes) is 2. The molecule has 174 valence electrons. The van der Waals surface area contributed by atoms with Gasteiger partial charge in [-0.1, -0.05) is 76.2 Å². The molecule has 0 saturated heterocycles. The molecular formula is C30H47F. The number of rotatable bonds is 12. The van der Waals surface area contributed by atoms with Gasteiger partial charge >= 0.3 is 0 Å². The van der Waals surface area contributed by atoms with Gasteiger partial charge in [-0.05, 0) is 106 Å². The molecule has 1 saturated carbocycles. The molecule has 0 amide bonds. The molecule has 0 spiro atoms. The minimum atomic E-state index is 0.00927. The second-order valence-corrected chi connectivity index (χ2v) is 10.7. The van der Waals surface area contributed by atoms with Crippen molar-refractivity contribution in [2.45, 2.75) is 129 Å². The maximum atomic E-state index is 14.4. The van der Waals surface area contributed by atoms with Gasteiger partial charge in [0.25, 0.3) is 0 Å². The van der Waals surface area contributed by atoms with E-state index in [1.165, 1.54) is 95.5 Å². The van der Waals surface area contributed by atoms with Gasteiger partial charge in [0.15, 0.2) is 0 Å². The van der Waals surface area contributed by atoms with Crippen molar-refractivity contribution in [2.75, 3.05) is 0 Å². The first-order valence-electron chi connectivity index (χ1n) is 13.6. The zero-order valence-corrected chi connectivity index (χ0v) is 20.5. The van der Waals surface area contributed by atoms with Crippen molar-refractivity contribution in [3.63, 3.8) is 0 Å². The molecule has 31 heavy (non-hydrogen) atoms. The summed E-state index contributed by atoms with van der Waals surface area (Å²) in [6.45, 7) is 4.57. The van der Waals surface area contributed by atoms with Crippen molar-refractivity contribution < 1.29 is 4.39 Å². The topological polar surface area (TPSA) is 0 Å². The Morgan fingerprint density at radius 1 is 0.935 bits per heavy atom. The predicted molar refractivity (Wildman–Crippen MR) is 133 cm³/mol. The number of halogens is 1. The molecular weight excluding hydrogens is 379 g/mol. The summed E-state index contributed by atoms with van der Waals surface area (Å²) >= 11 is 0. The van der Waals surface area contributed by atoms with E-state index in [9.17, 15) is 4.39 Å². The van der Waals surface area contributed by atoms with E-state index in [0.29, 0.717) is 5.41 Å². The number of hydrogen-bond acceptors (Lipinski definition) is 0. The Morgan fingerprint density at radius 3 is 2.45 bits per heavy atom. The van der Waals surface area contributed by atoms with Crippen molar-refractivity contribution >= 4 is 0 Å². The molecule has 3 rings (SSSR count). The molecule has 0 bridgehead atoms. The summed E-state index contributed by atoms with van der Waals surface area (Å²) in [5, 5.41) is 0. The van der Waals surface area contributed by atoms with Gasteiger partial charge < -0.3 is 0 Å². The summed E-state index contributed by atoms with van der Waals surface area (Å²) in [5.74, 6) is 0.911. The monoisotopic (exact) mass is 426 g/mol. The molecule has 1 aromatic carbocycles. The number of allylic oxidation sites excluding steroid dienone is 2. The first-order valence-corrected chi connectivity index (χ1v) is 13.6. The highest BCUT2D eigenvalue weighted by atomic mass is 19.1. The van der Waals surface area contributed by atoms with E-state index in [1.54, 1.807) is 11.6 Å².